The minimum Gasteiger partial charge on any atom is -0.383 e. The average molecular weight is 293 g/mol. The Bertz CT molecular complexity index is 626. The third-order valence-electron chi connectivity index (χ3n) is 3.27. The Kier molecular flexibility index (Phi) is 3.21. The second-order valence-corrected chi connectivity index (χ2v) is 8.85. The zero-order valence-electron chi connectivity index (χ0n) is 11.6. The minimum atomic E-state index is 0.226. The first kappa shape index (κ1) is 13.2. The molecule has 0 bridgehead atoms. The number of rotatable bonds is 2. The number of hydrogen-bond donors (Lipinski definition) is 1. The van der Waals surface area contributed by atoms with Gasteiger partial charge < -0.3 is 5.73 Å². The van der Waals surface area contributed by atoms with E-state index in [9.17, 15) is 0 Å². The molecule has 2 heterocycles. The van der Waals surface area contributed by atoms with Crippen LogP contribution in [0.4, 0.5) is 5.82 Å². The number of nitrogens with two attached hydrogens (primary N) is 1. The normalized spacial score (nSPS) is 15.1. The number of fused-ring (bicyclic) bond motifs is 3. The highest BCUT2D eigenvalue weighted by Crippen LogP contribution is 2.39. The van der Waals surface area contributed by atoms with E-state index in [-0.39, 0.29) is 4.75 Å². The predicted molar refractivity (Wildman–Crippen MR) is 84.9 cm³/mol. The summed E-state index contributed by atoms with van der Waals surface area (Å²) in [5.41, 5.74) is 7.57. The molecule has 1 aliphatic rings. The Morgan fingerprint density at radius 1 is 1.26 bits per heavy atom. The zero-order valence-corrected chi connectivity index (χ0v) is 13.2. The van der Waals surface area contributed by atoms with Gasteiger partial charge in [-0.05, 0) is 24.8 Å². The Morgan fingerprint density at radius 3 is 2.79 bits per heavy atom. The van der Waals surface area contributed by atoms with E-state index >= 15 is 0 Å². The number of anilines is 1. The fourth-order valence-corrected chi connectivity index (χ4v) is 4.39. The zero-order chi connectivity index (χ0) is 13.6. The van der Waals surface area contributed by atoms with Crippen LogP contribution in [0, 0.1) is 0 Å². The molecule has 0 unspecified atom stereocenters. The lowest BCUT2D eigenvalue weighted by molar-refractivity contribution is 0.800. The number of hydrogen-bond acceptors (Lipinski definition) is 5. The van der Waals surface area contributed by atoms with Crippen molar-refractivity contribution in [2.24, 2.45) is 0 Å². The van der Waals surface area contributed by atoms with E-state index in [4.69, 9.17) is 10.7 Å². The van der Waals surface area contributed by atoms with Crippen LogP contribution in [0.5, 0.6) is 0 Å². The molecule has 19 heavy (non-hydrogen) atoms. The van der Waals surface area contributed by atoms with Crippen LogP contribution >= 0.6 is 23.1 Å². The SMILES string of the molecule is CC(C)(C)SCc1nc(N)c2c3c(sc2n1)CCC3. The van der Waals surface area contributed by atoms with Gasteiger partial charge in [-0.2, -0.15) is 0 Å². The van der Waals surface area contributed by atoms with Crippen molar-refractivity contribution in [2.45, 2.75) is 50.5 Å². The predicted octanol–water partition coefficient (Wildman–Crippen LogP) is 3.79. The molecule has 1 aliphatic carbocycles. The van der Waals surface area contributed by atoms with Gasteiger partial charge in [-0.3, -0.25) is 0 Å². The molecule has 0 fully saturated rings. The van der Waals surface area contributed by atoms with Gasteiger partial charge in [0.1, 0.15) is 16.5 Å². The van der Waals surface area contributed by atoms with Crippen LogP contribution in [0.2, 0.25) is 0 Å². The van der Waals surface area contributed by atoms with Gasteiger partial charge in [-0.25, -0.2) is 9.97 Å². The summed E-state index contributed by atoms with van der Waals surface area (Å²) in [7, 11) is 0. The molecule has 3 nitrogen and oxygen atoms in total. The monoisotopic (exact) mass is 293 g/mol. The molecule has 2 aromatic heterocycles. The molecule has 0 spiro atoms. The fraction of sp³-hybridized carbons (Fsp3) is 0.571. The second-order valence-electron chi connectivity index (χ2n) is 5.96. The van der Waals surface area contributed by atoms with Gasteiger partial charge in [0.25, 0.3) is 0 Å². The van der Waals surface area contributed by atoms with Gasteiger partial charge in [0.2, 0.25) is 0 Å². The molecule has 2 aromatic rings. The number of aryl methyl sites for hydroxylation is 2. The van der Waals surface area contributed by atoms with Crippen LogP contribution in [0.25, 0.3) is 10.2 Å². The molecule has 5 heteroatoms. The maximum atomic E-state index is 6.16. The molecule has 0 aromatic carbocycles. The van der Waals surface area contributed by atoms with Crippen molar-refractivity contribution < 1.29 is 0 Å². The summed E-state index contributed by atoms with van der Waals surface area (Å²) in [5.74, 6) is 2.37. The Labute approximate surface area is 122 Å². The number of nitrogens with zero attached hydrogens (tertiary/aromatic N) is 2. The molecular weight excluding hydrogens is 274 g/mol. The topological polar surface area (TPSA) is 51.8 Å². The van der Waals surface area contributed by atoms with E-state index in [0.29, 0.717) is 5.82 Å². The van der Waals surface area contributed by atoms with Crippen molar-refractivity contribution in [3.05, 3.63) is 16.3 Å². The van der Waals surface area contributed by atoms with Crippen LogP contribution in [-0.4, -0.2) is 14.7 Å². The van der Waals surface area contributed by atoms with Crippen molar-refractivity contribution in [1.82, 2.24) is 9.97 Å². The highest BCUT2D eigenvalue weighted by Gasteiger charge is 2.21. The van der Waals surface area contributed by atoms with Crippen molar-refractivity contribution in [1.29, 1.82) is 0 Å². The largest absolute Gasteiger partial charge is 0.383 e. The molecule has 0 amide bonds. The van der Waals surface area contributed by atoms with Crippen molar-refractivity contribution in [3.63, 3.8) is 0 Å². The van der Waals surface area contributed by atoms with Gasteiger partial charge in [0, 0.05) is 9.62 Å². The van der Waals surface area contributed by atoms with E-state index in [2.05, 4.69) is 25.8 Å². The third-order valence-corrected chi connectivity index (χ3v) is 5.73. The summed E-state index contributed by atoms with van der Waals surface area (Å²) in [4.78, 5) is 11.8. The highest BCUT2D eigenvalue weighted by molar-refractivity contribution is 7.99. The van der Waals surface area contributed by atoms with Gasteiger partial charge in [0.15, 0.2) is 0 Å². The summed E-state index contributed by atoms with van der Waals surface area (Å²) in [6.07, 6.45) is 3.57. The first-order valence-electron chi connectivity index (χ1n) is 6.64. The summed E-state index contributed by atoms with van der Waals surface area (Å²) in [5, 5.41) is 1.13. The minimum absolute atomic E-state index is 0.226. The van der Waals surface area contributed by atoms with E-state index < -0.39 is 0 Å². The van der Waals surface area contributed by atoms with Crippen LogP contribution < -0.4 is 5.73 Å². The lowest BCUT2D eigenvalue weighted by Crippen LogP contribution is -2.09. The lowest BCUT2D eigenvalue weighted by atomic mass is 10.2. The van der Waals surface area contributed by atoms with Crippen LogP contribution in [0.1, 0.15) is 43.5 Å². The van der Waals surface area contributed by atoms with E-state index in [1.165, 1.54) is 23.3 Å². The fourth-order valence-electron chi connectivity index (χ4n) is 2.42. The first-order valence-corrected chi connectivity index (χ1v) is 8.45. The smallest absolute Gasteiger partial charge is 0.142 e. The standard InChI is InChI=1S/C14H19N3S2/c1-14(2,3)18-7-10-16-12(15)11-8-5-4-6-9(8)19-13(11)17-10/h4-7H2,1-3H3,(H2,15,16,17). The molecule has 0 radical (unpaired) electrons. The van der Waals surface area contributed by atoms with Gasteiger partial charge in [-0.15, -0.1) is 23.1 Å². The summed E-state index contributed by atoms with van der Waals surface area (Å²) >= 11 is 3.67. The molecule has 0 saturated carbocycles. The maximum Gasteiger partial charge on any atom is 0.142 e. The molecule has 0 saturated heterocycles. The third kappa shape index (κ3) is 2.58. The maximum absolute atomic E-state index is 6.16. The van der Waals surface area contributed by atoms with Crippen LogP contribution in [-0.2, 0) is 18.6 Å². The summed E-state index contributed by atoms with van der Waals surface area (Å²) in [6.45, 7) is 6.62. The van der Waals surface area contributed by atoms with Crippen molar-refractivity contribution in [2.75, 3.05) is 5.73 Å². The van der Waals surface area contributed by atoms with Gasteiger partial charge in [-0.1, -0.05) is 20.8 Å². The molecule has 0 atom stereocenters. The number of thioether (sulfide) groups is 1. The van der Waals surface area contributed by atoms with Crippen molar-refractivity contribution >= 4 is 39.1 Å². The molecule has 0 aliphatic heterocycles. The lowest BCUT2D eigenvalue weighted by Gasteiger charge is -2.16. The van der Waals surface area contributed by atoms with Gasteiger partial charge in [0.05, 0.1) is 11.1 Å². The average Bonchev–Trinajstić information content (AvgIpc) is 2.84. The Morgan fingerprint density at radius 2 is 2.05 bits per heavy atom. The number of aromatic nitrogens is 2. The highest BCUT2D eigenvalue weighted by atomic mass is 32.2. The van der Waals surface area contributed by atoms with Crippen molar-refractivity contribution in [3.8, 4) is 0 Å². The van der Waals surface area contributed by atoms with Gasteiger partial charge >= 0.3 is 0 Å². The Balaban J connectivity index is 1.97. The van der Waals surface area contributed by atoms with E-state index in [0.717, 1.165) is 28.2 Å². The number of nitrogen functional groups attached to an aromatic ring is 1. The molecular formula is C14H19N3S2. The quantitative estimate of drug-likeness (QED) is 0.915. The molecule has 3 rings (SSSR count). The Hall–Kier alpha value is -0.810. The van der Waals surface area contributed by atoms with Crippen LogP contribution in [0.3, 0.4) is 0 Å². The molecule has 2 N–H and O–H groups in total. The summed E-state index contributed by atoms with van der Waals surface area (Å²) in [6, 6.07) is 0. The van der Waals surface area contributed by atoms with E-state index in [1.807, 2.05) is 23.1 Å². The second kappa shape index (κ2) is 4.63. The first-order chi connectivity index (χ1) is 8.94. The van der Waals surface area contributed by atoms with E-state index in [1.54, 1.807) is 0 Å². The summed E-state index contributed by atoms with van der Waals surface area (Å²) < 4.78 is 0.226. The van der Waals surface area contributed by atoms with Crippen LogP contribution in [0.15, 0.2) is 0 Å². The number of thiophene rings is 1. The molecule has 102 valence electrons.